The summed E-state index contributed by atoms with van der Waals surface area (Å²) in [6, 6.07) is 10.1. The number of nitrogens with two attached hydrogens (primary N) is 1. The number of halogens is 5. The van der Waals surface area contributed by atoms with E-state index in [1.54, 1.807) is 0 Å². The zero-order valence-electron chi connectivity index (χ0n) is 17.7. The normalized spacial score (nSPS) is 15.8. The molecule has 3 N–H and O–H groups in total. The average Bonchev–Trinajstić information content (AvgIpc) is 2.77. The molecular weight excluding hydrogens is 495 g/mol. The quantitative estimate of drug-likeness (QED) is 0.491. The molecule has 0 fully saturated rings. The van der Waals surface area contributed by atoms with Gasteiger partial charge in [0.25, 0.3) is 5.91 Å². The summed E-state index contributed by atoms with van der Waals surface area (Å²) in [4.78, 5) is 12.7. The molecule has 1 aliphatic rings. The van der Waals surface area contributed by atoms with E-state index in [0.29, 0.717) is 6.07 Å². The number of para-hydroxylation sites is 1. The van der Waals surface area contributed by atoms with Crippen molar-refractivity contribution >= 4 is 21.6 Å². The summed E-state index contributed by atoms with van der Waals surface area (Å²) in [6.45, 7) is -0.0152. The van der Waals surface area contributed by atoms with Crippen LogP contribution < -0.4 is 15.2 Å². The Hall–Kier alpha value is -3.51. The van der Waals surface area contributed by atoms with Crippen LogP contribution in [0.4, 0.5) is 27.6 Å². The Labute approximate surface area is 196 Å². The predicted octanol–water partition coefficient (Wildman–Crippen LogP) is 4.80. The van der Waals surface area contributed by atoms with E-state index >= 15 is 4.39 Å². The van der Waals surface area contributed by atoms with Crippen LogP contribution in [0.2, 0.25) is 0 Å². The van der Waals surface area contributed by atoms with Crippen LogP contribution in [0.5, 0.6) is 5.75 Å². The molecule has 0 aliphatic carbocycles. The molecule has 184 valence electrons. The lowest BCUT2D eigenvalue weighted by molar-refractivity contribution is -0.140. The van der Waals surface area contributed by atoms with E-state index in [4.69, 9.17) is 9.88 Å². The maximum atomic E-state index is 15.3. The minimum Gasteiger partial charge on any atom is -0.490 e. The third kappa shape index (κ3) is 4.84. The van der Waals surface area contributed by atoms with Crippen LogP contribution in [0.15, 0.2) is 59.5 Å². The third-order valence-corrected chi connectivity index (χ3v) is 6.44. The molecule has 35 heavy (non-hydrogen) atoms. The topological polar surface area (TPSA) is 98.5 Å². The second-order valence-corrected chi connectivity index (χ2v) is 9.33. The number of sulfonamides is 1. The first-order valence-corrected chi connectivity index (χ1v) is 11.7. The van der Waals surface area contributed by atoms with Crippen molar-refractivity contribution in [3.8, 4) is 5.75 Å². The van der Waals surface area contributed by atoms with Gasteiger partial charge in [0.15, 0.2) is 11.6 Å². The standard InChI is InChI=1S/C23H17F5N2O4S/c24-18-6-2-5-16-14(9-10-34-21(16)18)15-7-8-17(23(26,27)28)20(25)19(15)22(31)30-12-3-1-4-13(11-12)35(29,32)33/h1-8,11,14H,9-10H2,(H,30,31)(H2,29,32,33). The zero-order valence-corrected chi connectivity index (χ0v) is 18.5. The fraction of sp³-hybridized carbons (Fsp3) is 0.174. The highest BCUT2D eigenvalue weighted by molar-refractivity contribution is 7.89. The van der Waals surface area contributed by atoms with Gasteiger partial charge in [0.05, 0.1) is 22.6 Å². The first-order valence-electron chi connectivity index (χ1n) is 10.1. The van der Waals surface area contributed by atoms with Gasteiger partial charge in [-0.05, 0) is 42.3 Å². The zero-order chi connectivity index (χ0) is 25.5. The number of fused-ring (bicyclic) bond motifs is 1. The number of hydrogen-bond acceptors (Lipinski definition) is 4. The first-order chi connectivity index (χ1) is 16.4. The molecule has 1 aliphatic heterocycles. The van der Waals surface area contributed by atoms with Crippen LogP contribution in [0.25, 0.3) is 0 Å². The van der Waals surface area contributed by atoms with E-state index in [2.05, 4.69) is 5.32 Å². The Morgan fingerprint density at radius 3 is 2.43 bits per heavy atom. The molecule has 4 rings (SSSR count). The fourth-order valence-electron chi connectivity index (χ4n) is 3.99. The lowest BCUT2D eigenvalue weighted by Gasteiger charge is -2.28. The number of alkyl halides is 3. The highest BCUT2D eigenvalue weighted by atomic mass is 32.2. The number of ether oxygens (including phenoxy) is 1. The second kappa shape index (κ2) is 8.93. The van der Waals surface area contributed by atoms with Crippen molar-refractivity contribution in [1.29, 1.82) is 0 Å². The largest absolute Gasteiger partial charge is 0.490 e. The van der Waals surface area contributed by atoms with E-state index in [9.17, 15) is 30.8 Å². The number of amides is 1. The molecule has 1 atom stereocenters. The second-order valence-electron chi connectivity index (χ2n) is 7.76. The van der Waals surface area contributed by atoms with Gasteiger partial charge in [-0.3, -0.25) is 4.79 Å². The number of rotatable bonds is 4. The lowest BCUT2D eigenvalue weighted by Crippen LogP contribution is -2.24. The summed E-state index contributed by atoms with van der Waals surface area (Å²) in [5.74, 6) is -4.73. The number of benzene rings is 3. The number of nitrogens with one attached hydrogen (secondary N) is 1. The summed E-state index contributed by atoms with van der Waals surface area (Å²) in [5.41, 5.74) is -2.55. The summed E-state index contributed by atoms with van der Waals surface area (Å²) >= 11 is 0. The maximum absolute atomic E-state index is 15.3. The van der Waals surface area contributed by atoms with Crippen LogP contribution >= 0.6 is 0 Å². The molecule has 3 aromatic carbocycles. The molecule has 1 amide bonds. The maximum Gasteiger partial charge on any atom is 0.419 e. The van der Waals surface area contributed by atoms with E-state index in [0.717, 1.165) is 24.3 Å². The van der Waals surface area contributed by atoms with E-state index < -0.39 is 50.8 Å². The van der Waals surface area contributed by atoms with Crippen molar-refractivity contribution < 1.29 is 39.9 Å². The average molecular weight is 512 g/mol. The first kappa shape index (κ1) is 24.6. The van der Waals surface area contributed by atoms with Crippen LogP contribution in [0.3, 0.4) is 0 Å². The van der Waals surface area contributed by atoms with Gasteiger partial charge in [-0.2, -0.15) is 13.2 Å². The molecule has 0 saturated heterocycles. The summed E-state index contributed by atoms with van der Waals surface area (Å²) in [7, 11) is -4.15. The minimum absolute atomic E-state index is 0.0152. The van der Waals surface area contributed by atoms with Crippen molar-refractivity contribution in [3.63, 3.8) is 0 Å². The van der Waals surface area contributed by atoms with E-state index in [1.165, 1.54) is 24.3 Å². The molecule has 0 saturated carbocycles. The van der Waals surface area contributed by atoms with Crippen molar-refractivity contribution in [2.75, 3.05) is 11.9 Å². The molecule has 0 aromatic heterocycles. The molecular formula is C23H17F5N2O4S. The molecule has 6 nitrogen and oxygen atoms in total. The van der Waals surface area contributed by atoms with Gasteiger partial charge < -0.3 is 10.1 Å². The fourth-order valence-corrected chi connectivity index (χ4v) is 4.54. The summed E-state index contributed by atoms with van der Waals surface area (Å²) in [5, 5.41) is 7.30. The smallest absolute Gasteiger partial charge is 0.419 e. The Morgan fingerprint density at radius 1 is 1.03 bits per heavy atom. The van der Waals surface area contributed by atoms with Gasteiger partial charge in [0, 0.05) is 17.2 Å². The molecule has 12 heteroatoms. The number of anilines is 1. The van der Waals surface area contributed by atoms with Gasteiger partial charge >= 0.3 is 6.18 Å². The highest BCUT2D eigenvalue weighted by Crippen LogP contribution is 2.43. The molecule has 1 heterocycles. The van der Waals surface area contributed by atoms with Crippen molar-refractivity contribution in [3.05, 3.63) is 88.5 Å². The Bertz CT molecular complexity index is 1420. The Kier molecular flexibility index (Phi) is 6.28. The number of primary sulfonamides is 1. The molecule has 3 aromatic rings. The summed E-state index contributed by atoms with van der Waals surface area (Å²) < 4.78 is 98.4. The predicted molar refractivity (Wildman–Crippen MR) is 116 cm³/mol. The SMILES string of the molecule is NS(=O)(=O)c1cccc(NC(=O)c2c(C3CCOc4c(F)cccc43)ccc(C(F)(F)F)c2F)c1. The van der Waals surface area contributed by atoms with Gasteiger partial charge in [0.2, 0.25) is 10.0 Å². The molecule has 0 radical (unpaired) electrons. The lowest BCUT2D eigenvalue weighted by atomic mass is 9.83. The number of carbonyl (C=O) groups is 1. The van der Waals surface area contributed by atoms with E-state index in [-0.39, 0.29) is 40.5 Å². The van der Waals surface area contributed by atoms with Crippen LogP contribution in [0, 0.1) is 11.6 Å². The molecule has 0 spiro atoms. The third-order valence-electron chi connectivity index (χ3n) is 5.53. The Balaban J connectivity index is 1.85. The summed E-state index contributed by atoms with van der Waals surface area (Å²) in [6.07, 6.45) is -4.95. The highest BCUT2D eigenvalue weighted by Gasteiger charge is 2.39. The molecule has 0 bridgehead atoms. The van der Waals surface area contributed by atoms with Gasteiger partial charge in [0.1, 0.15) is 5.82 Å². The monoisotopic (exact) mass is 512 g/mol. The van der Waals surface area contributed by atoms with Gasteiger partial charge in [-0.15, -0.1) is 0 Å². The Morgan fingerprint density at radius 2 is 1.74 bits per heavy atom. The van der Waals surface area contributed by atoms with E-state index in [1.807, 2.05) is 0 Å². The van der Waals surface area contributed by atoms with Crippen molar-refractivity contribution in [2.24, 2.45) is 5.14 Å². The minimum atomic E-state index is -5.09. The number of hydrogen-bond donors (Lipinski definition) is 2. The van der Waals surface area contributed by atoms with Gasteiger partial charge in [-0.1, -0.05) is 24.3 Å². The van der Waals surface area contributed by atoms with Crippen molar-refractivity contribution in [1.82, 2.24) is 0 Å². The van der Waals surface area contributed by atoms with Crippen LogP contribution in [-0.2, 0) is 16.2 Å². The molecule has 1 unspecified atom stereocenters. The number of carbonyl (C=O) groups excluding carboxylic acids is 1. The van der Waals surface area contributed by atoms with Gasteiger partial charge in [-0.25, -0.2) is 22.3 Å². The van der Waals surface area contributed by atoms with Crippen LogP contribution in [0.1, 0.15) is 39.4 Å². The van der Waals surface area contributed by atoms with Crippen LogP contribution in [-0.4, -0.2) is 20.9 Å². The van der Waals surface area contributed by atoms with Crippen molar-refractivity contribution in [2.45, 2.75) is 23.4 Å².